The van der Waals surface area contributed by atoms with Gasteiger partial charge in [0.25, 0.3) is 0 Å². The summed E-state index contributed by atoms with van der Waals surface area (Å²) in [6.07, 6.45) is 2.87. The summed E-state index contributed by atoms with van der Waals surface area (Å²) in [6.45, 7) is 1.55. The number of carboxylic acids is 1. The minimum Gasteiger partial charge on any atom is -0.478 e. The second kappa shape index (κ2) is 7.75. The molecule has 3 rings (SSSR count). The van der Waals surface area contributed by atoms with Crippen molar-refractivity contribution >= 4 is 21.9 Å². The van der Waals surface area contributed by atoms with Gasteiger partial charge in [-0.1, -0.05) is 18.2 Å². The van der Waals surface area contributed by atoms with Crippen molar-refractivity contribution in [3.8, 4) is 0 Å². The van der Waals surface area contributed by atoms with Crippen LogP contribution in [0.5, 0.6) is 0 Å². The quantitative estimate of drug-likeness (QED) is 0.828. The number of sulfonamides is 1. The zero-order valence-corrected chi connectivity index (χ0v) is 15.5. The molecule has 1 N–H and O–H groups in total. The van der Waals surface area contributed by atoms with Crippen molar-refractivity contribution in [1.82, 2.24) is 9.21 Å². The predicted octanol–water partition coefficient (Wildman–Crippen LogP) is 1.20. The van der Waals surface area contributed by atoms with E-state index in [-0.39, 0.29) is 18.2 Å². The number of carbonyl (C=O) groups excluding carboxylic acids is 1. The molecule has 0 atom stereocenters. The van der Waals surface area contributed by atoms with Gasteiger partial charge in [0.15, 0.2) is 0 Å². The number of likely N-dealkylation sites (tertiary alicyclic amines) is 1. The molecule has 7 nitrogen and oxygen atoms in total. The van der Waals surface area contributed by atoms with Gasteiger partial charge in [-0.2, -0.15) is 4.31 Å². The molecule has 2 fully saturated rings. The van der Waals surface area contributed by atoms with E-state index < -0.39 is 16.0 Å². The van der Waals surface area contributed by atoms with Crippen molar-refractivity contribution in [1.29, 1.82) is 0 Å². The van der Waals surface area contributed by atoms with Crippen LogP contribution in [0.25, 0.3) is 0 Å². The summed E-state index contributed by atoms with van der Waals surface area (Å²) >= 11 is 0. The molecule has 0 bridgehead atoms. The molecule has 8 heteroatoms. The summed E-state index contributed by atoms with van der Waals surface area (Å²) in [5, 5.41) is 9.28. The minimum absolute atomic E-state index is 0.0607. The van der Waals surface area contributed by atoms with Gasteiger partial charge < -0.3 is 10.0 Å². The van der Waals surface area contributed by atoms with Crippen LogP contribution in [-0.4, -0.2) is 66.5 Å². The normalized spacial score (nSPS) is 21.0. The van der Waals surface area contributed by atoms with Crippen LogP contribution in [-0.2, 0) is 21.2 Å². The van der Waals surface area contributed by atoms with E-state index in [0.29, 0.717) is 44.0 Å². The Kier molecular flexibility index (Phi) is 5.62. The molecular formula is C18H24N2O5S. The average molecular weight is 380 g/mol. The molecule has 2 heterocycles. The number of hydrogen-bond donors (Lipinski definition) is 1. The van der Waals surface area contributed by atoms with Gasteiger partial charge in [0.05, 0.1) is 17.9 Å². The summed E-state index contributed by atoms with van der Waals surface area (Å²) < 4.78 is 24.9. The molecule has 2 aliphatic heterocycles. The Hall–Kier alpha value is -1.93. The number of amides is 1. The molecule has 0 radical (unpaired) electrons. The van der Waals surface area contributed by atoms with E-state index in [4.69, 9.17) is 0 Å². The highest BCUT2D eigenvalue weighted by Crippen LogP contribution is 2.24. The fraction of sp³-hybridized carbons (Fsp3) is 0.556. The van der Waals surface area contributed by atoms with Crippen molar-refractivity contribution in [3.05, 3.63) is 35.4 Å². The first-order valence-corrected chi connectivity index (χ1v) is 10.5. The van der Waals surface area contributed by atoms with E-state index in [0.717, 1.165) is 18.4 Å². The number of carboxylic acid groups (broad SMARTS) is 1. The predicted molar refractivity (Wildman–Crippen MR) is 96.4 cm³/mol. The van der Waals surface area contributed by atoms with Crippen molar-refractivity contribution in [2.45, 2.75) is 25.7 Å². The molecule has 0 spiro atoms. The maximum atomic E-state index is 12.4. The third kappa shape index (κ3) is 4.24. The largest absolute Gasteiger partial charge is 0.478 e. The Morgan fingerprint density at radius 3 is 2.42 bits per heavy atom. The first kappa shape index (κ1) is 18.8. The van der Waals surface area contributed by atoms with E-state index >= 15 is 0 Å². The first-order valence-electron chi connectivity index (χ1n) is 8.93. The summed E-state index contributed by atoms with van der Waals surface area (Å²) in [4.78, 5) is 25.4. The van der Waals surface area contributed by atoms with Gasteiger partial charge in [0, 0.05) is 19.6 Å². The fourth-order valence-corrected chi connectivity index (χ4v) is 5.19. The Balaban J connectivity index is 1.53. The summed E-state index contributed by atoms with van der Waals surface area (Å²) in [5.41, 5.74) is 1.16. The van der Waals surface area contributed by atoms with Crippen LogP contribution in [0, 0.1) is 5.92 Å². The highest BCUT2D eigenvalue weighted by atomic mass is 32.2. The molecule has 26 heavy (non-hydrogen) atoms. The standard InChI is InChI=1S/C18H24N2O5S/c21-17(13-20-8-3-11-26(20,24)25)19-9-6-14(7-10-19)12-15-4-1-2-5-16(15)18(22)23/h1-2,4-5,14H,3,6-13H2,(H,22,23). The maximum Gasteiger partial charge on any atom is 0.335 e. The molecule has 2 aliphatic rings. The lowest BCUT2D eigenvalue weighted by Gasteiger charge is -2.33. The van der Waals surface area contributed by atoms with Crippen molar-refractivity contribution in [2.75, 3.05) is 31.9 Å². The number of carbonyl (C=O) groups is 2. The maximum absolute atomic E-state index is 12.4. The topological polar surface area (TPSA) is 95.0 Å². The fourth-order valence-electron chi connectivity index (χ4n) is 3.72. The Morgan fingerprint density at radius 1 is 1.12 bits per heavy atom. The number of benzene rings is 1. The SMILES string of the molecule is O=C(O)c1ccccc1CC1CCN(C(=O)CN2CCCS2(=O)=O)CC1. The Morgan fingerprint density at radius 2 is 1.81 bits per heavy atom. The van der Waals surface area contributed by atoms with Crippen LogP contribution in [0.1, 0.15) is 35.2 Å². The van der Waals surface area contributed by atoms with Gasteiger partial charge >= 0.3 is 5.97 Å². The molecule has 0 unspecified atom stereocenters. The van der Waals surface area contributed by atoms with Crippen LogP contribution < -0.4 is 0 Å². The molecule has 0 aliphatic carbocycles. The molecule has 1 aromatic carbocycles. The monoisotopic (exact) mass is 380 g/mol. The van der Waals surface area contributed by atoms with Crippen LogP contribution in [0.4, 0.5) is 0 Å². The van der Waals surface area contributed by atoms with E-state index in [1.165, 1.54) is 4.31 Å². The average Bonchev–Trinajstić information content (AvgIpc) is 2.94. The highest BCUT2D eigenvalue weighted by Gasteiger charge is 2.32. The van der Waals surface area contributed by atoms with Gasteiger partial charge in [-0.05, 0) is 43.2 Å². The smallest absolute Gasteiger partial charge is 0.335 e. The molecular weight excluding hydrogens is 356 g/mol. The van der Waals surface area contributed by atoms with Crippen molar-refractivity contribution in [3.63, 3.8) is 0 Å². The van der Waals surface area contributed by atoms with Crippen LogP contribution in [0.2, 0.25) is 0 Å². The Labute approximate surface area is 153 Å². The zero-order chi connectivity index (χ0) is 18.7. The van der Waals surface area contributed by atoms with Gasteiger partial charge in [-0.15, -0.1) is 0 Å². The summed E-state index contributed by atoms with van der Waals surface area (Å²) in [7, 11) is -3.25. The van der Waals surface area contributed by atoms with Gasteiger partial charge in [-0.25, -0.2) is 13.2 Å². The summed E-state index contributed by atoms with van der Waals surface area (Å²) in [5.74, 6) is -0.597. The molecule has 142 valence electrons. The number of nitrogens with zero attached hydrogens (tertiary/aromatic N) is 2. The highest BCUT2D eigenvalue weighted by molar-refractivity contribution is 7.89. The molecule has 2 saturated heterocycles. The van der Waals surface area contributed by atoms with Crippen LogP contribution >= 0.6 is 0 Å². The van der Waals surface area contributed by atoms with E-state index in [2.05, 4.69) is 0 Å². The number of hydrogen-bond acceptors (Lipinski definition) is 4. The molecule has 1 aromatic rings. The number of aromatic carboxylic acids is 1. The lowest BCUT2D eigenvalue weighted by Crippen LogP contribution is -2.44. The van der Waals surface area contributed by atoms with Crippen LogP contribution in [0.15, 0.2) is 24.3 Å². The minimum atomic E-state index is -3.25. The zero-order valence-electron chi connectivity index (χ0n) is 14.6. The van der Waals surface area contributed by atoms with E-state index in [9.17, 15) is 23.1 Å². The second-order valence-corrected chi connectivity index (χ2v) is 9.08. The van der Waals surface area contributed by atoms with E-state index in [1.54, 1.807) is 17.0 Å². The van der Waals surface area contributed by atoms with E-state index in [1.807, 2.05) is 12.1 Å². The first-order chi connectivity index (χ1) is 12.4. The second-order valence-electron chi connectivity index (χ2n) is 6.99. The summed E-state index contributed by atoms with van der Waals surface area (Å²) in [6, 6.07) is 7.03. The number of piperidine rings is 1. The third-order valence-electron chi connectivity index (χ3n) is 5.24. The molecule has 0 aromatic heterocycles. The van der Waals surface area contributed by atoms with Gasteiger partial charge in [0.1, 0.15) is 0 Å². The lowest BCUT2D eigenvalue weighted by atomic mass is 9.88. The lowest BCUT2D eigenvalue weighted by molar-refractivity contribution is -0.132. The Bertz CT molecular complexity index is 785. The molecule has 1 amide bonds. The van der Waals surface area contributed by atoms with Crippen molar-refractivity contribution in [2.24, 2.45) is 5.92 Å². The van der Waals surface area contributed by atoms with Gasteiger partial charge in [0.2, 0.25) is 15.9 Å². The van der Waals surface area contributed by atoms with Crippen molar-refractivity contribution < 1.29 is 23.1 Å². The third-order valence-corrected chi connectivity index (χ3v) is 7.14. The van der Waals surface area contributed by atoms with Crippen LogP contribution in [0.3, 0.4) is 0 Å². The van der Waals surface area contributed by atoms with Gasteiger partial charge in [-0.3, -0.25) is 4.79 Å². The molecule has 0 saturated carbocycles. The number of rotatable bonds is 5.